The average Bonchev–Trinajstić information content (AvgIpc) is 3.05. The van der Waals surface area contributed by atoms with Crippen LogP contribution in [0.5, 0.6) is 0 Å². The van der Waals surface area contributed by atoms with E-state index in [4.69, 9.17) is 10.5 Å². The van der Waals surface area contributed by atoms with E-state index in [1.54, 1.807) is 6.92 Å². The van der Waals surface area contributed by atoms with Crippen molar-refractivity contribution >= 4 is 29.3 Å². The molecule has 1 aromatic rings. The second kappa shape index (κ2) is 5.32. The normalized spacial score (nSPS) is 18.7. The summed E-state index contributed by atoms with van der Waals surface area (Å²) in [7, 11) is 0. The van der Waals surface area contributed by atoms with Gasteiger partial charge in [-0.05, 0) is 37.2 Å². The zero-order valence-corrected chi connectivity index (χ0v) is 11.2. The van der Waals surface area contributed by atoms with Gasteiger partial charge in [-0.3, -0.25) is 4.79 Å². The predicted octanol–water partition coefficient (Wildman–Crippen LogP) is 1.30. The summed E-state index contributed by atoms with van der Waals surface area (Å²) in [5.74, 6) is 0.465. The number of hydrogen-bond acceptors (Lipinski definition) is 7. The SMILES string of the molecule is CCOC(=O)C(N)(CSc1ncns1)C1CC1. The number of carbonyl (C=O) groups excluding carboxylic acids is 1. The monoisotopic (exact) mass is 273 g/mol. The molecule has 5 nitrogen and oxygen atoms in total. The van der Waals surface area contributed by atoms with Crippen LogP contribution in [0, 0.1) is 5.92 Å². The third kappa shape index (κ3) is 2.97. The lowest BCUT2D eigenvalue weighted by Gasteiger charge is -2.26. The summed E-state index contributed by atoms with van der Waals surface area (Å²) in [5, 5.41) is 0. The Morgan fingerprint density at radius 3 is 3.06 bits per heavy atom. The van der Waals surface area contributed by atoms with Gasteiger partial charge in [0, 0.05) is 5.75 Å². The molecule has 1 unspecified atom stereocenters. The first-order valence-electron chi connectivity index (χ1n) is 5.52. The summed E-state index contributed by atoms with van der Waals surface area (Å²) in [5.41, 5.74) is 5.34. The predicted molar refractivity (Wildman–Crippen MR) is 66.9 cm³/mol. The Bertz CT molecular complexity index is 381. The number of aromatic nitrogens is 2. The van der Waals surface area contributed by atoms with Crippen LogP contribution in [-0.2, 0) is 9.53 Å². The molecule has 1 atom stereocenters. The van der Waals surface area contributed by atoms with E-state index < -0.39 is 5.54 Å². The van der Waals surface area contributed by atoms with E-state index >= 15 is 0 Å². The van der Waals surface area contributed by atoms with Crippen molar-refractivity contribution in [3.8, 4) is 0 Å². The molecule has 94 valence electrons. The van der Waals surface area contributed by atoms with Gasteiger partial charge < -0.3 is 10.5 Å². The number of nitrogens with two attached hydrogens (primary N) is 1. The lowest BCUT2D eigenvalue weighted by atomic mass is 9.97. The van der Waals surface area contributed by atoms with Gasteiger partial charge in [-0.1, -0.05) is 11.8 Å². The van der Waals surface area contributed by atoms with Crippen molar-refractivity contribution in [3.63, 3.8) is 0 Å². The van der Waals surface area contributed by atoms with E-state index in [9.17, 15) is 4.79 Å². The van der Waals surface area contributed by atoms with Crippen molar-refractivity contribution in [2.45, 2.75) is 29.6 Å². The molecule has 0 saturated heterocycles. The summed E-state index contributed by atoms with van der Waals surface area (Å²) in [6, 6.07) is 0. The van der Waals surface area contributed by atoms with E-state index in [1.807, 2.05) is 0 Å². The molecule has 0 amide bonds. The summed E-state index contributed by atoms with van der Waals surface area (Å²) >= 11 is 2.79. The van der Waals surface area contributed by atoms with Gasteiger partial charge >= 0.3 is 5.97 Å². The van der Waals surface area contributed by atoms with Gasteiger partial charge in [0.25, 0.3) is 0 Å². The molecule has 2 rings (SSSR count). The first-order valence-corrected chi connectivity index (χ1v) is 7.28. The lowest BCUT2D eigenvalue weighted by molar-refractivity contribution is -0.149. The Balaban J connectivity index is 1.98. The van der Waals surface area contributed by atoms with Gasteiger partial charge in [0.1, 0.15) is 11.9 Å². The Kier molecular flexibility index (Phi) is 4.01. The molecule has 1 fully saturated rings. The van der Waals surface area contributed by atoms with Gasteiger partial charge in [-0.2, -0.15) is 4.37 Å². The van der Waals surface area contributed by atoms with Gasteiger partial charge in [-0.25, -0.2) is 4.98 Å². The van der Waals surface area contributed by atoms with Gasteiger partial charge in [0.2, 0.25) is 0 Å². The van der Waals surface area contributed by atoms with Crippen LogP contribution in [0.4, 0.5) is 0 Å². The van der Waals surface area contributed by atoms with E-state index in [0.717, 1.165) is 17.2 Å². The fourth-order valence-corrected chi connectivity index (χ4v) is 3.25. The fraction of sp³-hybridized carbons (Fsp3) is 0.700. The largest absolute Gasteiger partial charge is 0.465 e. The minimum absolute atomic E-state index is 0.252. The maximum atomic E-state index is 11.9. The standard InChI is InChI=1S/C10H15N3O2S2/c1-2-15-8(14)10(11,7-3-4-7)5-16-9-12-6-13-17-9/h6-7H,2-5,11H2,1H3. The van der Waals surface area contributed by atoms with Gasteiger partial charge in [0.05, 0.1) is 6.61 Å². The number of carbonyl (C=O) groups is 1. The summed E-state index contributed by atoms with van der Waals surface area (Å²) in [6.45, 7) is 2.16. The van der Waals surface area contributed by atoms with Crippen molar-refractivity contribution in [1.82, 2.24) is 9.36 Å². The molecular formula is C10H15N3O2S2. The topological polar surface area (TPSA) is 78.1 Å². The highest BCUT2D eigenvalue weighted by atomic mass is 32.2. The van der Waals surface area contributed by atoms with Crippen LogP contribution in [-0.4, -0.2) is 33.2 Å². The van der Waals surface area contributed by atoms with Gasteiger partial charge in [-0.15, -0.1) is 0 Å². The fourth-order valence-electron chi connectivity index (χ4n) is 1.62. The first kappa shape index (κ1) is 12.8. The molecule has 17 heavy (non-hydrogen) atoms. The highest BCUT2D eigenvalue weighted by Gasteiger charge is 2.49. The Labute approximate surface area is 108 Å². The quantitative estimate of drug-likeness (QED) is 0.622. The smallest absolute Gasteiger partial charge is 0.327 e. The summed E-state index contributed by atoms with van der Waals surface area (Å²) < 4.78 is 9.82. The third-order valence-corrected chi connectivity index (χ3v) is 4.75. The van der Waals surface area contributed by atoms with Crippen molar-refractivity contribution in [3.05, 3.63) is 6.33 Å². The van der Waals surface area contributed by atoms with Crippen LogP contribution in [0.15, 0.2) is 10.7 Å². The molecule has 1 saturated carbocycles. The Morgan fingerprint density at radius 2 is 2.53 bits per heavy atom. The van der Waals surface area contributed by atoms with E-state index in [0.29, 0.717) is 12.4 Å². The van der Waals surface area contributed by atoms with Crippen LogP contribution in [0.1, 0.15) is 19.8 Å². The number of esters is 1. The Morgan fingerprint density at radius 1 is 1.76 bits per heavy atom. The van der Waals surface area contributed by atoms with Crippen molar-refractivity contribution in [2.24, 2.45) is 11.7 Å². The highest BCUT2D eigenvalue weighted by molar-refractivity contribution is 8.01. The lowest BCUT2D eigenvalue weighted by Crippen LogP contribution is -2.53. The number of thioether (sulfide) groups is 1. The maximum Gasteiger partial charge on any atom is 0.327 e. The molecule has 0 aliphatic heterocycles. The second-order valence-corrected chi connectivity index (χ2v) is 6.03. The minimum atomic E-state index is -0.869. The highest BCUT2D eigenvalue weighted by Crippen LogP contribution is 2.41. The average molecular weight is 273 g/mol. The summed E-state index contributed by atoms with van der Waals surface area (Å²) in [4.78, 5) is 16.0. The molecular weight excluding hydrogens is 258 g/mol. The maximum absolute atomic E-state index is 11.9. The van der Waals surface area contributed by atoms with Gasteiger partial charge in [0.15, 0.2) is 4.34 Å². The van der Waals surface area contributed by atoms with Crippen LogP contribution < -0.4 is 5.73 Å². The minimum Gasteiger partial charge on any atom is -0.465 e. The van der Waals surface area contributed by atoms with Crippen LogP contribution in [0.2, 0.25) is 0 Å². The zero-order chi connectivity index (χ0) is 12.3. The van der Waals surface area contributed by atoms with E-state index in [1.165, 1.54) is 29.6 Å². The van der Waals surface area contributed by atoms with E-state index in [-0.39, 0.29) is 11.9 Å². The summed E-state index contributed by atoms with van der Waals surface area (Å²) in [6.07, 6.45) is 3.52. The van der Waals surface area contributed by atoms with Crippen LogP contribution in [0.3, 0.4) is 0 Å². The molecule has 1 aliphatic rings. The molecule has 0 aromatic carbocycles. The second-order valence-electron chi connectivity index (χ2n) is 4.03. The molecule has 1 aromatic heterocycles. The number of rotatable bonds is 6. The number of nitrogens with zero attached hydrogens (tertiary/aromatic N) is 2. The third-order valence-electron chi connectivity index (χ3n) is 2.74. The number of hydrogen-bond donors (Lipinski definition) is 1. The zero-order valence-electron chi connectivity index (χ0n) is 9.59. The molecule has 1 aliphatic carbocycles. The molecule has 2 N–H and O–H groups in total. The Hall–Kier alpha value is -0.660. The van der Waals surface area contributed by atoms with Crippen molar-refractivity contribution in [1.29, 1.82) is 0 Å². The van der Waals surface area contributed by atoms with Crippen LogP contribution >= 0.6 is 23.3 Å². The van der Waals surface area contributed by atoms with Crippen LogP contribution in [0.25, 0.3) is 0 Å². The van der Waals surface area contributed by atoms with E-state index in [2.05, 4.69) is 9.36 Å². The van der Waals surface area contributed by atoms with Crippen molar-refractivity contribution < 1.29 is 9.53 Å². The first-order chi connectivity index (χ1) is 8.16. The molecule has 7 heteroatoms. The molecule has 0 spiro atoms. The number of ether oxygens (including phenoxy) is 1. The molecule has 1 heterocycles. The molecule has 0 bridgehead atoms. The van der Waals surface area contributed by atoms with Crippen molar-refractivity contribution in [2.75, 3.05) is 12.4 Å². The molecule has 0 radical (unpaired) electrons.